The molecule has 43 heavy (non-hydrogen) atoms. The summed E-state index contributed by atoms with van der Waals surface area (Å²) in [5, 5.41) is 5.43. The van der Waals surface area contributed by atoms with E-state index in [2.05, 4.69) is 25.8 Å². The fourth-order valence-electron chi connectivity index (χ4n) is 5.38. The maximum absolute atomic E-state index is 14.2. The van der Waals surface area contributed by atoms with Crippen LogP contribution in [0.15, 0.2) is 140 Å². The first-order valence-corrected chi connectivity index (χ1v) is 17.6. The average molecular weight is 710 g/mol. The predicted molar refractivity (Wildman–Crippen MR) is 170 cm³/mol. The number of rotatable bonds is 6. The Hall–Kier alpha value is -3.37. The van der Waals surface area contributed by atoms with Gasteiger partial charge in [0.1, 0.15) is 0 Å². The van der Waals surface area contributed by atoms with Crippen molar-refractivity contribution in [2.75, 3.05) is 0 Å². The van der Waals surface area contributed by atoms with Crippen molar-refractivity contribution >= 4 is 65.8 Å². The summed E-state index contributed by atoms with van der Waals surface area (Å²) in [4.78, 5) is 0.933. The number of fused-ring (bicyclic) bond motifs is 3. The fourth-order valence-corrected chi connectivity index (χ4v) is 11.8. The summed E-state index contributed by atoms with van der Waals surface area (Å²) in [5.74, 6) is 0. The minimum atomic E-state index is -6.04. The molecule has 0 radical (unpaired) electrons. The molecule has 6 aromatic rings. The van der Waals surface area contributed by atoms with E-state index in [9.17, 15) is 21.6 Å². The SMILES string of the molecule is C=C[CH2][Pd].O=S(=O)(O[PH](c1cccc2ccccc12)(c1cccc2ccccc12)c1cccc2ccccc12)C(F)(F)F. The summed E-state index contributed by atoms with van der Waals surface area (Å²) in [6.07, 6.45) is 1.81. The molecule has 6 aromatic carbocycles. The molecule has 0 saturated heterocycles. The van der Waals surface area contributed by atoms with Gasteiger partial charge >= 0.3 is 261 Å². The molecule has 0 N–H and O–H groups in total. The third-order valence-electron chi connectivity index (χ3n) is 7.12. The Morgan fingerprint density at radius 3 is 1.23 bits per heavy atom. The van der Waals surface area contributed by atoms with Crippen molar-refractivity contribution in [2.24, 2.45) is 0 Å². The molecule has 0 bridgehead atoms. The van der Waals surface area contributed by atoms with Crippen molar-refractivity contribution in [1.29, 1.82) is 0 Å². The van der Waals surface area contributed by atoms with E-state index in [0.717, 1.165) is 21.1 Å². The molecule has 0 aliphatic carbocycles. The molecule has 0 spiro atoms. The van der Waals surface area contributed by atoms with Crippen LogP contribution in [0.1, 0.15) is 0 Å². The van der Waals surface area contributed by atoms with Crippen LogP contribution in [-0.2, 0) is 33.3 Å². The Kier molecular flexibility index (Phi) is 9.18. The molecule has 0 aromatic heterocycles. The summed E-state index contributed by atoms with van der Waals surface area (Å²) in [6.45, 7) is 3.44. The van der Waals surface area contributed by atoms with Crippen molar-refractivity contribution < 1.29 is 44.8 Å². The summed E-state index contributed by atoms with van der Waals surface area (Å²) in [7, 11) is -10.5. The minimum absolute atomic E-state index is 0.418. The Labute approximate surface area is 260 Å². The zero-order valence-corrected chi connectivity index (χ0v) is 26.1. The molecule has 0 aliphatic rings. The molecular formula is C34H27F3O3PPdS. The van der Waals surface area contributed by atoms with Crippen LogP contribution >= 0.6 is 7.49 Å². The Bertz CT molecular complexity index is 1840. The number of halogens is 3. The normalized spacial score (nSPS) is 12.6. The topological polar surface area (TPSA) is 43.4 Å². The van der Waals surface area contributed by atoms with Crippen LogP contribution in [0.5, 0.6) is 0 Å². The molecule has 223 valence electrons. The molecule has 0 aliphatic heterocycles. The van der Waals surface area contributed by atoms with Gasteiger partial charge in [0, 0.05) is 0 Å². The van der Waals surface area contributed by atoms with Crippen LogP contribution in [-0.4, -0.2) is 13.9 Å². The molecule has 3 nitrogen and oxygen atoms in total. The van der Waals surface area contributed by atoms with E-state index in [1.807, 2.05) is 60.7 Å². The number of hydrogen-bond acceptors (Lipinski definition) is 3. The summed E-state index contributed by atoms with van der Waals surface area (Å²) in [5.41, 5.74) is -5.62. The molecule has 0 amide bonds. The standard InChI is InChI=1S/C31H22F3O3PS.C3H5.Pd/c32-31(33,34)39(35,36)37-38(28-19-7-13-22-10-1-4-16-25(22)28,29-20-8-14-23-11-2-5-17-26(23)29)30-21-9-15-24-12-3-6-18-27(24)30;1-3-2;/h1-21,38H;3H,1-2H2;. The number of benzene rings is 6. The second-order valence-corrected chi connectivity index (χ2v) is 15.3. The van der Waals surface area contributed by atoms with Gasteiger partial charge in [-0.15, -0.1) is 0 Å². The third kappa shape index (κ3) is 5.91. The molecule has 0 atom stereocenters. The molecule has 9 heteroatoms. The van der Waals surface area contributed by atoms with Crippen molar-refractivity contribution in [2.45, 2.75) is 10.4 Å². The van der Waals surface area contributed by atoms with E-state index in [0.29, 0.717) is 32.1 Å². The Morgan fingerprint density at radius 1 is 0.628 bits per heavy atom. The van der Waals surface area contributed by atoms with E-state index in [-0.39, 0.29) is 0 Å². The average Bonchev–Trinajstić information content (AvgIpc) is 3.02. The number of hydrogen-bond donors (Lipinski definition) is 0. The summed E-state index contributed by atoms with van der Waals surface area (Å²) < 4.78 is 74.4. The van der Waals surface area contributed by atoms with E-state index < -0.39 is 23.1 Å². The van der Waals surface area contributed by atoms with Gasteiger partial charge in [-0.25, -0.2) is 0 Å². The monoisotopic (exact) mass is 709 g/mol. The first kappa shape index (κ1) is 31.1. The molecule has 6 rings (SSSR count). The third-order valence-corrected chi connectivity index (χ3v) is 13.6. The van der Waals surface area contributed by atoms with Crippen LogP contribution < -0.4 is 15.9 Å². The zero-order chi connectivity index (χ0) is 30.7. The van der Waals surface area contributed by atoms with Gasteiger partial charge < -0.3 is 0 Å². The summed E-state index contributed by atoms with van der Waals surface area (Å²) >= 11 is 2.92. The van der Waals surface area contributed by atoms with E-state index in [1.54, 1.807) is 72.8 Å². The van der Waals surface area contributed by atoms with Gasteiger partial charge in [-0.2, -0.15) is 0 Å². The quantitative estimate of drug-likeness (QED) is 0.0761. The van der Waals surface area contributed by atoms with Crippen LogP contribution in [0.3, 0.4) is 0 Å². The van der Waals surface area contributed by atoms with Crippen LogP contribution in [0, 0.1) is 0 Å². The molecule has 0 unspecified atom stereocenters. The van der Waals surface area contributed by atoms with Gasteiger partial charge in [-0.3, -0.25) is 0 Å². The first-order valence-electron chi connectivity index (χ1n) is 13.2. The van der Waals surface area contributed by atoms with Crippen LogP contribution in [0.4, 0.5) is 13.2 Å². The fraction of sp³-hybridized carbons (Fsp3) is 0.0588. The van der Waals surface area contributed by atoms with Crippen molar-refractivity contribution in [3.05, 3.63) is 140 Å². The van der Waals surface area contributed by atoms with Gasteiger partial charge in [0.05, 0.1) is 0 Å². The molecule has 0 saturated carbocycles. The van der Waals surface area contributed by atoms with Crippen molar-refractivity contribution in [3.63, 3.8) is 0 Å². The van der Waals surface area contributed by atoms with E-state index in [4.69, 9.17) is 3.97 Å². The van der Waals surface area contributed by atoms with Gasteiger partial charge in [-0.1, -0.05) is 0 Å². The Morgan fingerprint density at radius 2 is 0.930 bits per heavy atom. The first-order chi connectivity index (χ1) is 20.6. The zero-order valence-electron chi connectivity index (χ0n) is 22.7. The van der Waals surface area contributed by atoms with E-state index >= 15 is 0 Å². The van der Waals surface area contributed by atoms with Gasteiger partial charge in [0.15, 0.2) is 0 Å². The van der Waals surface area contributed by atoms with Crippen LogP contribution in [0.25, 0.3) is 32.3 Å². The van der Waals surface area contributed by atoms with Crippen molar-refractivity contribution in [3.8, 4) is 0 Å². The van der Waals surface area contributed by atoms with Gasteiger partial charge in [0.25, 0.3) is 0 Å². The van der Waals surface area contributed by atoms with Gasteiger partial charge in [-0.05, 0) is 0 Å². The molecular weight excluding hydrogens is 683 g/mol. The van der Waals surface area contributed by atoms with Crippen LogP contribution in [0.2, 0.25) is 4.89 Å². The predicted octanol–water partition coefficient (Wildman–Crippen LogP) is 8.09. The van der Waals surface area contributed by atoms with E-state index in [1.165, 1.54) is 0 Å². The number of alkyl halides is 3. The van der Waals surface area contributed by atoms with Crippen molar-refractivity contribution in [1.82, 2.24) is 0 Å². The molecule has 0 fully saturated rings. The Balaban J connectivity index is 0.000000868. The second-order valence-electron chi connectivity index (χ2n) is 9.66. The number of allylic oxidation sites excluding steroid dienone is 1. The maximum atomic E-state index is 14.2. The molecule has 0 heterocycles. The second kappa shape index (κ2) is 12.7. The summed E-state index contributed by atoms with van der Waals surface area (Å²) in [6, 6.07) is 37.6. The van der Waals surface area contributed by atoms with Gasteiger partial charge in [0.2, 0.25) is 0 Å².